The van der Waals surface area contributed by atoms with Crippen LogP contribution in [0.2, 0.25) is 5.02 Å². The number of aliphatic imine (C=N–C) groups is 1. The summed E-state index contributed by atoms with van der Waals surface area (Å²) in [6.45, 7) is 6.53. The van der Waals surface area contributed by atoms with Gasteiger partial charge in [-0.1, -0.05) is 11.6 Å². The van der Waals surface area contributed by atoms with Crippen LogP contribution in [0.5, 0.6) is 11.5 Å². The zero-order chi connectivity index (χ0) is 24.4. The molecule has 0 spiro atoms. The number of carbonyl (C=O) groups excluding carboxylic acids is 1. The maximum atomic E-state index is 13.2. The molecule has 2 heterocycles. The average Bonchev–Trinajstić information content (AvgIpc) is 3.28. The maximum Gasteiger partial charge on any atom is 0.266 e. The third-order valence-corrected chi connectivity index (χ3v) is 6.88. The summed E-state index contributed by atoms with van der Waals surface area (Å²) in [5.41, 5.74) is 4.58. The predicted octanol–water partition coefficient (Wildman–Crippen LogP) is 6.39. The van der Waals surface area contributed by atoms with Gasteiger partial charge in [-0.15, -0.1) is 0 Å². The van der Waals surface area contributed by atoms with Gasteiger partial charge in [0.1, 0.15) is 11.5 Å². The number of benzene rings is 2. The second kappa shape index (κ2) is 9.99. The van der Waals surface area contributed by atoms with Crippen molar-refractivity contribution in [2.45, 2.75) is 20.8 Å². The van der Waals surface area contributed by atoms with E-state index in [1.165, 1.54) is 11.8 Å². The zero-order valence-electron chi connectivity index (χ0n) is 19.8. The van der Waals surface area contributed by atoms with E-state index in [1.807, 2.05) is 63.2 Å². The molecular weight excluding hydrogens is 470 g/mol. The molecule has 1 aliphatic heterocycles. The zero-order valence-corrected chi connectivity index (χ0v) is 21.3. The van der Waals surface area contributed by atoms with Gasteiger partial charge in [-0.2, -0.15) is 0 Å². The largest absolute Gasteiger partial charge is 0.497 e. The smallest absolute Gasteiger partial charge is 0.266 e. The Morgan fingerprint density at radius 2 is 1.79 bits per heavy atom. The Morgan fingerprint density at radius 3 is 2.44 bits per heavy atom. The molecule has 1 saturated heterocycles. The highest BCUT2D eigenvalue weighted by atomic mass is 35.5. The summed E-state index contributed by atoms with van der Waals surface area (Å²) in [5, 5.41) is 1.29. The molecule has 0 radical (unpaired) electrons. The van der Waals surface area contributed by atoms with Crippen LogP contribution in [0.15, 0.2) is 58.4 Å². The van der Waals surface area contributed by atoms with Crippen molar-refractivity contribution < 1.29 is 14.3 Å². The molecule has 0 atom stereocenters. The van der Waals surface area contributed by atoms with Gasteiger partial charge in [-0.25, -0.2) is 4.99 Å². The topological polar surface area (TPSA) is 56.1 Å². The number of aromatic nitrogens is 1. The molecule has 0 saturated carbocycles. The van der Waals surface area contributed by atoms with Gasteiger partial charge in [-0.05, 0) is 92.7 Å². The number of ether oxygens (including phenoxy) is 2. The Bertz CT molecular complexity index is 1300. The van der Waals surface area contributed by atoms with Gasteiger partial charge in [-0.3, -0.25) is 9.69 Å². The molecule has 34 heavy (non-hydrogen) atoms. The summed E-state index contributed by atoms with van der Waals surface area (Å²) >= 11 is 7.65. The number of rotatable bonds is 6. The number of carbonyl (C=O) groups is 1. The highest BCUT2D eigenvalue weighted by molar-refractivity contribution is 8.18. The van der Waals surface area contributed by atoms with E-state index in [4.69, 9.17) is 26.1 Å². The van der Waals surface area contributed by atoms with Crippen LogP contribution >= 0.6 is 23.4 Å². The second-order valence-corrected chi connectivity index (χ2v) is 9.18. The molecule has 2 aromatic carbocycles. The fourth-order valence-corrected chi connectivity index (χ4v) is 5.14. The van der Waals surface area contributed by atoms with Crippen molar-refractivity contribution >= 4 is 46.2 Å². The molecule has 8 heteroatoms. The van der Waals surface area contributed by atoms with Gasteiger partial charge < -0.3 is 14.0 Å². The van der Waals surface area contributed by atoms with Crippen LogP contribution in [0, 0.1) is 13.8 Å². The average molecular weight is 496 g/mol. The van der Waals surface area contributed by atoms with Gasteiger partial charge in [0.25, 0.3) is 5.91 Å². The van der Waals surface area contributed by atoms with Crippen molar-refractivity contribution in [1.29, 1.82) is 0 Å². The Balaban J connectivity index is 1.71. The summed E-state index contributed by atoms with van der Waals surface area (Å²) in [7, 11) is 3.27. The Labute approximate surface area is 208 Å². The Morgan fingerprint density at radius 1 is 1.06 bits per heavy atom. The van der Waals surface area contributed by atoms with Gasteiger partial charge in [0.15, 0.2) is 5.17 Å². The standard InChI is InChI=1S/C26H26ClN3O3S/c1-6-29-25(31)24(34-26(29)28-20-8-10-21(32-4)11-9-20)14-18-13-16(2)30(17(18)3)22-15-19(27)7-12-23(22)33-5/h7-15H,6H2,1-5H3/b24-14+,28-26?. The van der Waals surface area contributed by atoms with Crippen LogP contribution in [-0.4, -0.2) is 41.3 Å². The van der Waals surface area contributed by atoms with Crippen LogP contribution in [0.3, 0.4) is 0 Å². The van der Waals surface area contributed by atoms with Crippen molar-refractivity contribution in [2.24, 2.45) is 4.99 Å². The normalized spacial score (nSPS) is 16.1. The molecule has 0 unspecified atom stereocenters. The molecule has 0 N–H and O–H groups in total. The summed E-state index contributed by atoms with van der Waals surface area (Å²) in [4.78, 5) is 20.2. The lowest BCUT2D eigenvalue weighted by molar-refractivity contribution is -0.122. The molecule has 1 amide bonds. The molecule has 1 fully saturated rings. The third kappa shape index (κ3) is 4.58. The minimum absolute atomic E-state index is 0.0510. The van der Waals surface area contributed by atoms with Gasteiger partial charge >= 0.3 is 0 Å². The van der Waals surface area contributed by atoms with Crippen LogP contribution in [0.1, 0.15) is 23.9 Å². The number of methoxy groups -OCH3 is 2. The monoisotopic (exact) mass is 495 g/mol. The van der Waals surface area contributed by atoms with Crippen LogP contribution < -0.4 is 9.47 Å². The number of amides is 1. The van der Waals surface area contributed by atoms with Crippen LogP contribution in [0.25, 0.3) is 11.8 Å². The summed E-state index contributed by atoms with van der Waals surface area (Å²) in [5.74, 6) is 1.44. The number of halogens is 1. The van der Waals surface area contributed by atoms with E-state index in [-0.39, 0.29) is 5.91 Å². The molecule has 0 bridgehead atoms. The van der Waals surface area contributed by atoms with E-state index in [9.17, 15) is 4.79 Å². The van der Waals surface area contributed by atoms with E-state index >= 15 is 0 Å². The molecule has 4 rings (SSSR count). The van der Waals surface area contributed by atoms with E-state index in [1.54, 1.807) is 25.2 Å². The summed E-state index contributed by atoms with van der Waals surface area (Å²) in [6, 6.07) is 15.1. The van der Waals surface area contributed by atoms with Crippen molar-refractivity contribution in [3.05, 3.63) is 75.4 Å². The minimum Gasteiger partial charge on any atom is -0.497 e. The van der Waals surface area contributed by atoms with E-state index in [0.29, 0.717) is 21.6 Å². The number of likely N-dealkylation sites (N-methyl/N-ethyl adjacent to an activating group) is 1. The SMILES string of the molecule is CCN1C(=O)/C(=C\c2cc(C)n(-c3cc(Cl)ccc3OC)c2C)SC1=Nc1ccc(OC)cc1. The summed E-state index contributed by atoms with van der Waals surface area (Å²) in [6.07, 6.45) is 1.93. The number of amidine groups is 1. The number of nitrogens with zero attached hydrogens (tertiary/aromatic N) is 3. The van der Waals surface area contributed by atoms with Crippen molar-refractivity contribution in [3.8, 4) is 17.2 Å². The first kappa shape index (κ1) is 24.0. The Kier molecular flexibility index (Phi) is 7.05. The molecule has 0 aliphatic carbocycles. The fraction of sp³-hybridized carbons (Fsp3) is 0.231. The first-order valence-electron chi connectivity index (χ1n) is 10.8. The second-order valence-electron chi connectivity index (χ2n) is 7.73. The molecular formula is C26H26ClN3O3S. The first-order valence-corrected chi connectivity index (χ1v) is 12.0. The summed E-state index contributed by atoms with van der Waals surface area (Å²) < 4.78 is 12.9. The van der Waals surface area contributed by atoms with Crippen molar-refractivity contribution in [1.82, 2.24) is 9.47 Å². The van der Waals surface area contributed by atoms with Crippen molar-refractivity contribution in [2.75, 3.05) is 20.8 Å². The highest BCUT2D eigenvalue weighted by Crippen LogP contribution is 2.36. The number of thioether (sulfide) groups is 1. The van der Waals surface area contributed by atoms with Crippen LogP contribution in [0.4, 0.5) is 5.69 Å². The molecule has 6 nitrogen and oxygen atoms in total. The molecule has 1 aliphatic rings. The minimum atomic E-state index is -0.0510. The molecule has 176 valence electrons. The van der Waals surface area contributed by atoms with E-state index < -0.39 is 0 Å². The lowest BCUT2D eigenvalue weighted by atomic mass is 10.2. The molecule has 1 aromatic heterocycles. The number of hydrogen-bond acceptors (Lipinski definition) is 5. The lowest BCUT2D eigenvalue weighted by Crippen LogP contribution is -2.28. The third-order valence-electron chi connectivity index (χ3n) is 5.64. The van der Waals surface area contributed by atoms with Crippen molar-refractivity contribution in [3.63, 3.8) is 0 Å². The van der Waals surface area contributed by atoms with Gasteiger partial charge in [0.05, 0.1) is 30.5 Å². The molecule has 3 aromatic rings. The van der Waals surface area contributed by atoms with Gasteiger partial charge in [0.2, 0.25) is 0 Å². The van der Waals surface area contributed by atoms with Gasteiger partial charge in [0, 0.05) is 23.0 Å². The number of hydrogen-bond donors (Lipinski definition) is 0. The quantitative estimate of drug-likeness (QED) is 0.372. The lowest BCUT2D eigenvalue weighted by Gasteiger charge is -2.14. The van der Waals surface area contributed by atoms with E-state index in [2.05, 4.69) is 10.6 Å². The van der Waals surface area contributed by atoms with E-state index in [0.717, 1.165) is 39.8 Å². The first-order chi connectivity index (χ1) is 16.4. The number of aryl methyl sites for hydroxylation is 1. The van der Waals surface area contributed by atoms with Crippen LogP contribution in [-0.2, 0) is 4.79 Å². The maximum absolute atomic E-state index is 13.2. The predicted molar refractivity (Wildman–Crippen MR) is 140 cm³/mol. The fourth-order valence-electron chi connectivity index (χ4n) is 3.92. The highest BCUT2D eigenvalue weighted by Gasteiger charge is 2.32. The Hall–Kier alpha value is -3.16.